The molecule has 0 amide bonds. The van der Waals surface area contributed by atoms with Crippen LogP contribution in [0.2, 0.25) is 0 Å². The molecule has 11 rings (SSSR count). The van der Waals surface area contributed by atoms with Gasteiger partial charge in [-0.05, 0) is 104 Å². The minimum atomic E-state index is -0.499. The molecule has 0 radical (unpaired) electrons. The first-order valence-corrected chi connectivity index (χ1v) is 22.7. The molecule has 2 aromatic heterocycles. The Bertz CT molecular complexity index is 3250. The minimum absolute atomic E-state index is 0.0522. The van der Waals surface area contributed by atoms with Crippen molar-refractivity contribution in [2.24, 2.45) is 0 Å². The summed E-state index contributed by atoms with van der Waals surface area (Å²) >= 11 is 0. The van der Waals surface area contributed by atoms with Gasteiger partial charge in [-0.1, -0.05) is 187 Å². The zero-order valence-electron chi connectivity index (χ0n) is 37.9. The molecule has 0 fully saturated rings. The predicted molar refractivity (Wildman–Crippen MR) is 271 cm³/mol. The van der Waals surface area contributed by atoms with Crippen LogP contribution in [-0.2, 0) is 16.2 Å². The summed E-state index contributed by atoms with van der Waals surface area (Å²) in [7, 11) is 0. The van der Waals surface area contributed by atoms with Crippen molar-refractivity contribution < 1.29 is 0 Å². The van der Waals surface area contributed by atoms with Gasteiger partial charge in [-0.25, -0.2) is 9.97 Å². The number of anilines is 3. The first kappa shape index (κ1) is 40.2. The Balaban J connectivity index is 1.04. The molecular weight excluding hydrogens is 789 g/mol. The van der Waals surface area contributed by atoms with E-state index in [0.717, 1.165) is 39.3 Å². The average Bonchev–Trinajstić information content (AvgIpc) is 3.82. The molecule has 0 spiro atoms. The van der Waals surface area contributed by atoms with Crippen molar-refractivity contribution in [1.82, 2.24) is 14.5 Å². The third kappa shape index (κ3) is 6.66. The van der Waals surface area contributed by atoms with Crippen LogP contribution in [0.1, 0.15) is 74.9 Å². The van der Waals surface area contributed by atoms with Gasteiger partial charge >= 0.3 is 0 Å². The van der Waals surface area contributed by atoms with Gasteiger partial charge in [0.05, 0.1) is 34.5 Å². The number of aromatic nitrogens is 3. The maximum absolute atomic E-state index is 5.09. The van der Waals surface area contributed by atoms with Crippen molar-refractivity contribution in [1.29, 1.82) is 0 Å². The molecule has 316 valence electrons. The van der Waals surface area contributed by atoms with Crippen molar-refractivity contribution in [3.05, 3.63) is 240 Å². The highest BCUT2D eigenvalue weighted by Gasteiger charge is 2.46. The quantitative estimate of drug-likeness (QED) is 0.160. The molecule has 4 heteroatoms. The Labute approximate surface area is 382 Å². The summed E-state index contributed by atoms with van der Waals surface area (Å²) in [5.74, 6) is 0.676. The summed E-state index contributed by atoms with van der Waals surface area (Å²) in [6.07, 6.45) is 3.92. The van der Waals surface area contributed by atoms with Crippen LogP contribution in [0.5, 0.6) is 0 Å². The molecule has 0 N–H and O–H groups in total. The van der Waals surface area contributed by atoms with E-state index in [1.807, 2.05) is 12.4 Å². The molecule has 1 aliphatic rings. The topological polar surface area (TPSA) is 34.0 Å². The second-order valence-corrected chi connectivity index (χ2v) is 19.5. The Morgan fingerprint density at radius 1 is 0.431 bits per heavy atom. The molecule has 0 aliphatic heterocycles. The largest absolute Gasteiger partial charge is 0.309 e. The highest BCUT2D eigenvalue weighted by molar-refractivity contribution is 6.10. The molecular formula is C61H52N4. The van der Waals surface area contributed by atoms with Crippen LogP contribution in [0, 0.1) is 0 Å². The van der Waals surface area contributed by atoms with E-state index in [4.69, 9.17) is 9.97 Å². The molecule has 0 saturated heterocycles. The van der Waals surface area contributed by atoms with E-state index in [9.17, 15) is 0 Å². The number of hydrogen-bond donors (Lipinski definition) is 0. The van der Waals surface area contributed by atoms with E-state index in [2.05, 4.69) is 245 Å². The van der Waals surface area contributed by atoms with Gasteiger partial charge in [0.2, 0.25) is 0 Å². The van der Waals surface area contributed by atoms with Gasteiger partial charge in [0.1, 0.15) is 0 Å². The Hall–Kier alpha value is -7.56. The zero-order valence-corrected chi connectivity index (χ0v) is 37.9. The van der Waals surface area contributed by atoms with E-state index >= 15 is 0 Å². The first-order valence-electron chi connectivity index (χ1n) is 22.7. The SMILES string of the molecule is CC(C)(C)c1ccc(N(c2ccc(C(C)(C)C)cc2)c2cnc(-c3ccc4c5ccccc5n(-c5ccc6c(c5)C(c5ccccc5)(c5ccccc5)c5ccccc5-6)c4c3)nc2)cc1. The van der Waals surface area contributed by atoms with Crippen molar-refractivity contribution >= 4 is 38.9 Å². The lowest BCUT2D eigenvalue weighted by atomic mass is 9.67. The van der Waals surface area contributed by atoms with Gasteiger partial charge in [0, 0.05) is 33.4 Å². The van der Waals surface area contributed by atoms with E-state index in [1.54, 1.807) is 0 Å². The Kier molecular flexibility index (Phi) is 9.48. The number of fused-ring (bicyclic) bond motifs is 6. The zero-order chi connectivity index (χ0) is 44.5. The van der Waals surface area contributed by atoms with Gasteiger partial charge in [-0.2, -0.15) is 0 Å². The molecule has 8 aromatic carbocycles. The normalized spacial score (nSPS) is 13.2. The van der Waals surface area contributed by atoms with Gasteiger partial charge in [0.15, 0.2) is 5.82 Å². The molecule has 2 heterocycles. The number of hydrogen-bond acceptors (Lipinski definition) is 3. The van der Waals surface area contributed by atoms with Crippen molar-refractivity contribution in [3.63, 3.8) is 0 Å². The average molecular weight is 841 g/mol. The van der Waals surface area contributed by atoms with Crippen LogP contribution >= 0.6 is 0 Å². The van der Waals surface area contributed by atoms with Gasteiger partial charge in [-0.15, -0.1) is 0 Å². The molecule has 4 nitrogen and oxygen atoms in total. The lowest BCUT2D eigenvalue weighted by Crippen LogP contribution is -2.28. The molecule has 10 aromatic rings. The van der Waals surface area contributed by atoms with Crippen LogP contribution in [0.4, 0.5) is 17.1 Å². The maximum atomic E-state index is 5.09. The summed E-state index contributed by atoms with van der Waals surface area (Å²) < 4.78 is 2.43. The molecule has 0 unspecified atom stereocenters. The third-order valence-electron chi connectivity index (χ3n) is 13.5. The fourth-order valence-corrected chi connectivity index (χ4v) is 10.2. The van der Waals surface area contributed by atoms with E-state index in [-0.39, 0.29) is 10.8 Å². The maximum Gasteiger partial charge on any atom is 0.159 e. The minimum Gasteiger partial charge on any atom is -0.309 e. The monoisotopic (exact) mass is 840 g/mol. The molecule has 0 bridgehead atoms. The number of benzene rings is 8. The van der Waals surface area contributed by atoms with E-state index < -0.39 is 5.41 Å². The summed E-state index contributed by atoms with van der Waals surface area (Å²) in [6, 6.07) is 71.2. The second kappa shape index (κ2) is 15.3. The number of para-hydroxylation sites is 1. The second-order valence-electron chi connectivity index (χ2n) is 19.5. The summed E-state index contributed by atoms with van der Waals surface area (Å²) in [5.41, 5.74) is 17.2. The van der Waals surface area contributed by atoms with Crippen molar-refractivity contribution in [2.45, 2.75) is 57.8 Å². The number of rotatable bonds is 7. The summed E-state index contributed by atoms with van der Waals surface area (Å²) in [5, 5.41) is 2.39. The molecule has 0 atom stereocenters. The predicted octanol–water partition coefficient (Wildman–Crippen LogP) is 15.7. The fourth-order valence-electron chi connectivity index (χ4n) is 10.2. The van der Waals surface area contributed by atoms with Crippen molar-refractivity contribution in [2.75, 3.05) is 4.90 Å². The Morgan fingerprint density at radius 2 is 0.954 bits per heavy atom. The summed E-state index contributed by atoms with van der Waals surface area (Å²) in [4.78, 5) is 12.4. The standard InChI is InChI=1S/C61H52N4/c1-59(2,3)42-26-30-46(31-27-42)64(47-32-28-43(29-33-47)60(4,5)6)49-39-62-58(63-40-49)41-25-35-53-52-22-14-16-24-56(52)65(57(53)37-41)48-34-36-51-50-21-13-15-23-54(50)61(55(51)38-48,44-17-9-7-10-18-44)45-19-11-8-12-20-45/h7-40H,1-6H3. The number of nitrogens with zero attached hydrogens (tertiary/aromatic N) is 4. The van der Waals surface area contributed by atoms with E-state index in [1.165, 1.54) is 55.3 Å². The molecule has 0 saturated carbocycles. The smallest absolute Gasteiger partial charge is 0.159 e. The van der Waals surface area contributed by atoms with Crippen LogP contribution in [0.25, 0.3) is 50.0 Å². The molecule has 65 heavy (non-hydrogen) atoms. The summed E-state index contributed by atoms with van der Waals surface area (Å²) in [6.45, 7) is 13.5. The van der Waals surface area contributed by atoms with E-state index in [0.29, 0.717) is 5.82 Å². The molecule has 1 aliphatic carbocycles. The van der Waals surface area contributed by atoms with Crippen LogP contribution in [0.15, 0.2) is 207 Å². The van der Waals surface area contributed by atoms with Crippen LogP contribution in [0.3, 0.4) is 0 Å². The van der Waals surface area contributed by atoms with Crippen LogP contribution < -0.4 is 4.90 Å². The lowest BCUT2D eigenvalue weighted by molar-refractivity contribution is 0.590. The van der Waals surface area contributed by atoms with Gasteiger partial charge < -0.3 is 9.47 Å². The fraction of sp³-hybridized carbons (Fsp3) is 0.148. The first-order chi connectivity index (χ1) is 31.5. The Morgan fingerprint density at radius 3 is 1.55 bits per heavy atom. The highest BCUT2D eigenvalue weighted by Crippen LogP contribution is 2.56. The van der Waals surface area contributed by atoms with Crippen LogP contribution in [-0.4, -0.2) is 14.5 Å². The van der Waals surface area contributed by atoms with Gasteiger partial charge in [0.25, 0.3) is 0 Å². The lowest BCUT2D eigenvalue weighted by Gasteiger charge is -2.34. The third-order valence-corrected chi connectivity index (χ3v) is 13.5. The van der Waals surface area contributed by atoms with Gasteiger partial charge in [-0.3, -0.25) is 0 Å². The van der Waals surface area contributed by atoms with Crippen molar-refractivity contribution in [3.8, 4) is 28.2 Å². The highest BCUT2D eigenvalue weighted by atomic mass is 15.2.